The molecule has 2 aliphatic heterocycles. The highest BCUT2D eigenvalue weighted by atomic mass is 32.2. The van der Waals surface area contributed by atoms with Gasteiger partial charge in [-0.2, -0.15) is 0 Å². The predicted octanol–water partition coefficient (Wildman–Crippen LogP) is -4.95. The van der Waals surface area contributed by atoms with Crippen molar-refractivity contribution in [3.05, 3.63) is 68.7 Å². The number of aromatic nitrogens is 2. The Morgan fingerprint density at radius 2 is 1.33 bits per heavy atom. The molecule has 3 heterocycles. The molecule has 0 amide bonds. The number of aliphatic hydroxyl groups excluding tert-OH is 7. The fourth-order valence-corrected chi connectivity index (χ4v) is 8.33. The summed E-state index contributed by atoms with van der Waals surface area (Å²) in [4.78, 5) is 27.7. The Labute approximate surface area is 344 Å². The Morgan fingerprint density at radius 3 is 1.90 bits per heavy atom. The zero-order chi connectivity index (χ0) is 44.6. The molecule has 3 fully saturated rings. The minimum absolute atomic E-state index is 0.0151. The molecule has 3 aromatic rings. The summed E-state index contributed by atoms with van der Waals surface area (Å²) in [6.45, 7) is 5.41. The lowest BCUT2D eigenvalue weighted by Gasteiger charge is -2.48. The number of nitrogens with two attached hydrogens (primary N) is 4. The van der Waals surface area contributed by atoms with E-state index < -0.39 is 119 Å². The molecule has 23 heteroatoms. The number of rotatable bonds is 9. The van der Waals surface area contributed by atoms with E-state index >= 15 is 0 Å². The quantitative estimate of drug-likeness (QED) is 0.0896. The van der Waals surface area contributed by atoms with Crippen LogP contribution in [-0.2, 0) is 34.4 Å². The van der Waals surface area contributed by atoms with E-state index in [4.69, 9.17) is 41.9 Å². The lowest BCUT2D eigenvalue weighted by Crippen LogP contribution is -2.68. The zero-order valence-corrected chi connectivity index (χ0v) is 34.2. The Balaban J connectivity index is 0.000000232. The first-order chi connectivity index (χ1) is 28.0. The number of sulfonamides is 1. The van der Waals surface area contributed by atoms with Gasteiger partial charge in [0.2, 0.25) is 0 Å². The molecule has 1 aromatic heterocycles. The Hall–Kier alpha value is -3.47. The van der Waals surface area contributed by atoms with Gasteiger partial charge in [0.05, 0.1) is 34.3 Å². The van der Waals surface area contributed by atoms with E-state index in [1.807, 2.05) is 18.2 Å². The second-order valence-corrected chi connectivity index (χ2v) is 18.1. The van der Waals surface area contributed by atoms with Gasteiger partial charge in [0.25, 0.3) is 10.0 Å². The average Bonchev–Trinajstić information content (AvgIpc) is 3.20. The monoisotopic (exact) mass is 871 g/mol. The van der Waals surface area contributed by atoms with Crippen LogP contribution in [0.5, 0.6) is 0 Å². The van der Waals surface area contributed by atoms with Crippen LogP contribution in [0.15, 0.2) is 56.9 Å². The van der Waals surface area contributed by atoms with E-state index in [-0.39, 0.29) is 28.8 Å². The molecule has 0 bridgehead atoms. The SMILES string of the molecule is CN(c1cccc(C(C)(C)C)c1)S(=O)(=O)c1ccc2[nH]c(=O)c(=O)[nH]c2c1.NC[C@H]1O[C@H](O[C@H]2[C@H](O)[C@@H](O[C@H]3O[C@H](CO)[C@@H](O)[C@H](N)[C@H]3O)[C@H](N)C[C@@H]2N)[C@H](O)[C@@H](O)[C@@H]1O. The molecule has 6 rings (SSSR count). The van der Waals surface area contributed by atoms with Gasteiger partial charge in [-0.15, -0.1) is 0 Å². The highest BCUT2D eigenvalue weighted by Crippen LogP contribution is 2.32. The Bertz CT molecular complexity index is 2100. The van der Waals surface area contributed by atoms with Crippen molar-refractivity contribution >= 4 is 26.7 Å². The predicted molar refractivity (Wildman–Crippen MR) is 214 cm³/mol. The number of fused-ring (bicyclic) bond motifs is 1. The van der Waals surface area contributed by atoms with Gasteiger partial charge in [0.15, 0.2) is 12.6 Å². The minimum Gasteiger partial charge on any atom is -0.394 e. The van der Waals surface area contributed by atoms with E-state index in [9.17, 15) is 53.8 Å². The van der Waals surface area contributed by atoms with Crippen molar-refractivity contribution < 1.29 is 63.1 Å². The van der Waals surface area contributed by atoms with Gasteiger partial charge in [0, 0.05) is 25.7 Å². The maximum atomic E-state index is 13.1. The summed E-state index contributed by atoms with van der Waals surface area (Å²) in [5.74, 6) is 0. The molecule has 1 aliphatic carbocycles. The van der Waals surface area contributed by atoms with Crippen molar-refractivity contribution in [1.82, 2.24) is 9.97 Å². The van der Waals surface area contributed by atoms with Crippen molar-refractivity contribution in [1.29, 1.82) is 0 Å². The van der Waals surface area contributed by atoms with Crippen LogP contribution in [0.3, 0.4) is 0 Å². The standard InChI is InChI=1S/C19H21N3O4S.C18H36N4O11/c1-19(2,3)12-6-5-7-13(10-12)22(4)27(25,26)14-8-9-15-16(11-14)21-18(24)17(23)20-15;19-2-6-10(25)12(27)13(28)18(30-6)33-16-5(21)1-4(20)15(14(16)29)32-17-11(26)8(22)9(24)7(3-23)31-17/h5-11H,1-4H3,(H,20,23)(H,21,24);4-18,23-29H,1-3,19-22H2/t;4-,5+,6-,7-,8+,9-,10-,11-,12+,13-,14-,15+,16-,17-,18-/m.1/s1. The number of H-pyrrole nitrogens is 2. The van der Waals surface area contributed by atoms with Gasteiger partial charge in [-0.05, 0) is 47.7 Å². The van der Waals surface area contributed by atoms with Crippen LogP contribution < -0.4 is 38.4 Å². The first kappa shape index (κ1) is 47.6. The lowest BCUT2D eigenvalue weighted by atomic mass is 9.84. The molecule has 3 aliphatic rings. The molecule has 0 unspecified atom stereocenters. The van der Waals surface area contributed by atoms with Crippen LogP contribution in [0.1, 0.15) is 32.8 Å². The lowest BCUT2D eigenvalue weighted by molar-refractivity contribution is -0.332. The van der Waals surface area contributed by atoms with Gasteiger partial charge in [-0.1, -0.05) is 32.9 Å². The third-order valence-corrected chi connectivity index (χ3v) is 12.7. The number of nitrogens with one attached hydrogen (secondary N) is 2. The van der Waals surface area contributed by atoms with Crippen LogP contribution in [0, 0.1) is 0 Å². The maximum Gasteiger partial charge on any atom is 0.314 e. The van der Waals surface area contributed by atoms with E-state index in [1.54, 1.807) is 6.07 Å². The molecule has 1 saturated carbocycles. The molecule has 22 nitrogen and oxygen atoms in total. The number of hydrogen-bond acceptors (Lipinski definition) is 19. The summed E-state index contributed by atoms with van der Waals surface area (Å²) in [5, 5.41) is 70.9. The topological polar surface area (TPSA) is 386 Å². The molecular formula is C37H57N7O15S. The first-order valence-corrected chi connectivity index (χ1v) is 20.6. The Morgan fingerprint density at radius 1 is 0.767 bits per heavy atom. The molecule has 0 spiro atoms. The summed E-state index contributed by atoms with van der Waals surface area (Å²) in [5.41, 5.74) is 23.9. The fraction of sp³-hybridized carbons (Fsp3) is 0.622. The smallest absolute Gasteiger partial charge is 0.314 e. The maximum absolute atomic E-state index is 13.1. The van der Waals surface area contributed by atoms with Crippen LogP contribution in [-0.4, -0.2) is 166 Å². The van der Waals surface area contributed by atoms with Gasteiger partial charge >= 0.3 is 11.1 Å². The molecule has 2 aromatic carbocycles. The van der Waals surface area contributed by atoms with Crippen LogP contribution >= 0.6 is 0 Å². The number of aliphatic hydroxyl groups is 7. The van der Waals surface area contributed by atoms with E-state index in [2.05, 4.69) is 30.7 Å². The van der Waals surface area contributed by atoms with Gasteiger partial charge < -0.3 is 87.6 Å². The molecule has 60 heavy (non-hydrogen) atoms. The van der Waals surface area contributed by atoms with Crippen molar-refractivity contribution in [2.24, 2.45) is 22.9 Å². The first-order valence-electron chi connectivity index (χ1n) is 19.2. The average molecular weight is 872 g/mol. The highest BCUT2D eigenvalue weighted by molar-refractivity contribution is 7.92. The number of benzene rings is 2. The summed E-state index contributed by atoms with van der Waals surface area (Å²) in [7, 11) is -2.37. The van der Waals surface area contributed by atoms with Crippen molar-refractivity contribution in [2.45, 2.75) is 129 Å². The normalized spacial score (nSPS) is 35.1. The van der Waals surface area contributed by atoms with Crippen molar-refractivity contribution in [3.63, 3.8) is 0 Å². The summed E-state index contributed by atoms with van der Waals surface area (Å²) in [6, 6.07) is 8.69. The second kappa shape index (κ2) is 18.9. The van der Waals surface area contributed by atoms with E-state index in [0.29, 0.717) is 11.2 Å². The number of aromatic amines is 2. The van der Waals surface area contributed by atoms with Crippen molar-refractivity contribution in [3.8, 4) is 0 Å². The van der Waals surface area contributed by atoms with E-state index in [0.717, 1.165) is 5.56 Å². The summed E-state index contributed by atoms with van der Waals surface area (Å²) < 4.78 is 49.5. The second-order valence-electron chi connectivity index (χ2n) is 16.2. The number of hydrogen-bond donors (Lipinski definition) is 13. The minimum atomic E-state index is -3.85. The Kier molecular flexibility index (Phi) is 15.0. The zero-order valence-electron chi connectivity index (χ0n) is 33.4. The van der Waals surface area contributed by atoms with Crippen LogP contribution in [0.25, 0.3) is 11.0 Å². The molecule has 2 saturated heterocycles. The fourth-order valence-electron chi connectivity index (χ4n) is 7.12. The molecule has 15 atom stereocenters. The van der Waals surface area contributed by atoms with Crippen molar-refractivity contribution in [2.75, 3.05) is 24.5 Å². The summed E-state index contributed by atoms with van der Waals surface area (Å²) in [6.07, 6.45) is -16.5. The largest absolute Gasteiger partial charge is 0.394 e. The third kappa shape index (κ3) is 9.92. The van der Waals surface area contributed by atoms with Gasteiger partial charge in [-0.3, -0.25) is 13.9 Å². The van der Waals surface area contributed by atoms with Crippen LogP contribution in [0.2, 0.25) is 0 Å². The van der Waals surface area contributed by atoms with E-state index in [1.165, 1.54) is 29.6 Å². The summed E-state index contributed by atoms with van der Waals surface area (Å²) >= 11 is 0. The molecule has 17 N–H and O–H groups in total. The van der Waals surface area contributed by atoms with Crippen LogP contribution in [0.4, 0.5) is 5.69 Å². The van der Waals surface area contributed by atoms with Gasteiger partial charge in [0.1, 0.15) is 61.0 Å². The highest BCUT2D eigenvalue weighted by Gasteiger charge is 2.51. The molecule has 336 valence electrons. The third-order valence-electron chi connectivity index (χ3n) is 10.9. The molecular weight excluding hydrogens is 815 g/mol. The number of nitrogens with zero attached hydrogens (tertiary/aromatic N) is 1. The van der Waals surface area contributed by atoms with Gasteiger partial charge in [-0.25, -0.2) is 8.42 Å². The molecule has 0 radical (unpaired) electrons. The number of ether oxygens (including phenoxy) is 4. The number of anilines is 1.